The molecule has 15 rings (SSSR count). The van der Waals surface area contributed by atoms with Crippen molar-refractivity contribution in [3.63, 3.8) is 0 Å². The van der Waals surface area contributed by atoms with Crippen molar-refractivity contribution < 1.29 is 0 Å². The molecule has 4 nitrogen and oxygen atoms in total. The van der Waals surface area contributed by atoms with Crippen LogP contribution in [0.1, 0.15) is 5.56 Å². The zero-order valence-corrected chi connectivity index (χ0v) is 37.7. The van der Waals surface area contributed by atoms with Gasteiger partial charge in [-0.2, -0.15) is 5.26 Å². The lowest BCUT2D eigenvalue weighted by Gasteiger charge is -2.26. The highest BCUT2D eigenvalue weighted by Crippen LogP contribution is 2.55. The SMILES string of the molecule is [C-]#[N+]c1c(-c2ccccc2)c(C#N)c(-n2c3cc4c(cc3c3ccc5c6ccccc6sc5c32)sc2ccccc24)c(-c2ccccc2)c1-n1c2cccc3c4ccccc4c4cccc1c4c32. The van der Waals surface area contributed by atoms with Crippen LogP contribution >= 0.6 is 22.7 Å². The monoisotopic (exact) mass is 896 g/mol. The summed E-state index contributed by atoms with van der Waals surface area (Å²) >= 11 is 3.62. The molecule has 0 spiro atoms. The van der Waals surface area contributed by atoms with E-state index in [-0.39, 0.29) is 0 Å². The number of fused-ring (bicyclic) bond motifs is 13. The summed E-state index contributed by atoms with van der Waals surface area (Å²) in [5, 5.41) is 26.1. The molecule has 68 heavy (non-hydrogen) atoms. The number of nitrogens with zero attached hydrogens (tertiary/aromatic N) is 4. The van der Waals surface area contributed by atoms with Crippen molar-refractivity contribution in [2.45, 2.75) is 0 Å². The van der Waals surface area contributed by atoms with E-state index in [2.05, 4.69) is 178 Å². The van der Waals surface area contributed by atoms with Gasteiger partial charge in [-0.25, -0.2) is 4.85 Å². The van der Waals surface area contributed by atoms with Crippen molar-refractivity contribution in [3.05, 3.63) is 211 Å². The smallest absolute Gasteiger partial charge is 0.220 e. The molecule has 15 aromatic rings. The summed E-state index contributed by atoms with van der Waals surface area (Å²) in [5.41, 5.74) is 9.65. The van der Waals surface area contributed by atoms with Crippen molar-refractivity contribution >= 4 is 134 Å². The van der Waals surface area contributed by atoms with Crippen LogP contribution in [0.25, 0.3) is 144 Å². The van der Waals surface area contributed by atoms with Crippen molar-refractivity contribution in [2.24, 2.45) is 0 Å². The third-order valence-electron chi connectivity index (χ3n) is 14.3. The molecule has 0 N–H and O–H groups in total. The highest BCUT2D eigenvalue weighted by Gasteiger charge is 2.33. The zero-order valence-electron chi connectivity index (χ0n) is 36.1. The molecule has 0 aliphatic carbocycles. The van der Waals surface area contributed by atoms with E-state index in [9.17, 15) is 11.8 Å². The van der Waals surface area contributed by atoms with Gasteiger partial charge in [-0.1, -0.05) is 158 Å². The second-order valence-electron chi connectivity index (χ2n) is 17.6. The third kappa shape index (κ3) is 4.84. The van der Waals surface area contributed by atoms with Crippen LogP contribution in [-0.2, 0) is 0 Å². The maximum absolute atomic E-state index is 12.1. The first-order valence-electron chi connectivity index (χ1n) is 22.7. The van der Waals surface area contributed by atoms with Gasteiger partial charge in [0, 0.05) is 68.3 Å². The lowest BCUT2D eigenvalue weighted by atomic mass is 9.88. The molecule has 4 aromatic heterocycles. The summed E-state index contributed by atoms with van der Waals surface area (Å²) in [6, 6.07) is 71.9. The van der Waals surface area contributed by atoms with E-state index in [1.807, 2.05) is 47.7 Å². The van der Waals surface area contributed by atoms with Gasteiger partial charge in [0.05, 0.1) is 50.3 Å². The van der Waals surface area contributed by atoms with E-state index < -0.39 is 0 Å². The van der Waals surface area contributed by atoms with Gasteiger partial charge in [0.1, 0.15) is 6.07 Å². The Kier molecular flexibility index (Phi) is 7.64. The zero-order chi connectivity index (χ0) is 44.8. The van der Waals surface area contributed by atoms with E-state index in [4.69, 9.17) is 0 Å². The molecule has 0 fully saturated rings. The summed E-state index contributed by atoms with van der Waals surface area (Å²) in [4.78, 5) is 4.58. The minimum absolute atomic E-state index is 0.431. The molecule has 0 saturated heterocycles. The number of hydrogen-bond donors (Lipinski definition) is 0. The summed E-state index contributed by atoms with van der Waals surface area (Å²) in [6.07, 6.45) is 0. The van der Waals surface area contributed by atoms with Crippen LogP contribution in [0.5, 0.6) is 0 Å². The number of nitriles is 1. The highest BCUT2D eigenvalue weighted by molar-refractivity contribution is 7.27. The Bertz CT molecular complexity index is 4660. The Labute approximate surface area is 396 Å². The van der Waals surface area contributed by atoms with Gasteiger partial charge in [0.25, 0.3) is 0 Å². The van der Waals surface area contributed by atoms with E-state index in [1.54, 1.807) is 11.3 Å². The van der Waals surface area contributed by atoms with Crippen molar-refractivity contribution in [1.29, 1.82) is 5.26 Å². The normalized spacial score (nSPS) is 12.1. The van der Waals surface area contributed by atoms with Crippen molar-refractivity contribution in [1.82, 2.24) is 9.13 Å². The fourth-order valence-corrected chi connectivity index (χ4v) is 14.0. The van der Waals surface area contributed by atoms with Gasteiger partial charge in [0.15, 0.2) is 0 Å². The van der Waals surface area contributed by atoms with Gasteiger partial charge in [-0.05, 0) is 69.1 Å². The molecule has 0 radical (unpaired) electrons. The molecule has 0 bridgehead atoms. The summed E-state index contributed by atoms with van der Waals surface area (Å²) in [6.45, 7) is 9.35. The van der Waals surface area contributed by atoms with Crippen LogP contribution in [0.3, 0.4) is 0 Å². The van der Waals surface area contributed by atoms with E-state index in [0.29, 0.717) is 16.8 Å². The molecule has 11 aromatic carbocycles. The van der Waals surface area contributed by atoms with Gasteiger partial charge < -0.3 is 9.13 Å². The molecular weight excluding hydrogens is 865 g/mol. The third-order valence-corrected chi connectivity index (χ3v) is 16.6. The Balaban J connectivity index is 1.25. The minimum atomic E-state index is 0.431. The molecule has 0 saturated carbocycles. The van der Waals surface area contributed by atoms with Crippen LogP contribution in [0, 0.1) is 17.9 Å². The molecule has 312 valence electrons. The first-order valence-corrected chi connectivity index (χ1v) is 24.3. The average Bonchev–Trinajstić information content (AvgIpc) is 4.15. The number of rotatable bonds is 4. The van der Waals surface area contributed by atoms with Crippen LogP contribution in [0.15, 0.2) is 194 Å². The maximum atomic E-state index is 12.1. The van der Waals surface area contributed by atoms with Crippen LogP contribution in [-0.4, -0.2) is 9.13 Å². The number of aromatic nitrogens is 2. The Hall–Kier alpha value is -8.78. The Morgan fingerprint density at radius 3 is 1.59 bits per heavy atom. The minimum Gasteiger partial charge on any atom is -0.318 e. The molecule has 0 atom stereocenters. The molecule has 0 unspecified atom stereocenters. The predicted octanol–water partition coefficient (Wildman–Crippen LogP) is 18.1. The fourth-order valence-electron chi connectivity index (χ4n) is 11.6. The van der Waals surface area contributed by atoms with Crippen molar-refractivity contribution in [3.8, 4) is 39.7 Å². The number of thiophene rings is 2. The van der Waals surface area contributed by atoms with E-state index in [0.717, 1.165) is 76.4 Å². The quantitative estimate of drug-likeness (QED) is 0.128. The molecule has 6 heteroatoms. The largest absolute Gasteiger partial charge is 0.318 e. The molecule has 4 heterocycles. The van der Waals surface area contributed by atoms with E-state index in [1.165, 1.54) is 57.2 Å². The summed E-state index contributed by atoms with van der Waals surface area (Å²) in [7, 11) is 0. The Morgan fingerprint density at radius 1 is 0.412 bits per heavy atom. The van der Waals surface area contributed by atoms with E-state index >= 15 is 0 Å². The molecule has 0 aliphatic rings. The molecule has 0 aliphatic heterocycles. The topological polar surface area (TPSA) is 38.0 Å². The van der Waals surface area contributed by atoms with Gasteiger partial charge in [-0.15, -0.1) is 22.7 Å². The van der Waals surface area contributed by atoms with Crippen LogP contribution < -0.4 is 0 Å². The van der Waals surface area contributed by atoms with Gasteiger partial charge >= 0.3 is 0 Å². The summed E-state index contributed by atoms with van der Waals surface area (Å²) in [5.74, 6) is 0. The molecular formula is C62H32N4S2. The average molecular weight is 897 g/mol. The number of hydrogen-bond acceptors (Lipinski definition) is 3. The Morgan fingerprint density at radius 2 is 0.956 bits per heavy atom. The maximum Gasteiger partial charge on any atom is 0.220 e. The standard InChI is InChI=1S/C62H32N4S2/c1-64-58-54(35-16-4-2-5-17-35)47(34-63)59(55(36-18-6-3-7-19-36)61(58)65-48-26-14-24-41-37-20-8-9-21-38(37)42-25-15-27-49(65)57(42)56(41)48)66-50-32-46-40-23-11-12-28-51(40)67-53(46)33-45(50)43-30-31-44-39-22-10-13-29-52(39)68-62(44)60(43)66/h2-33H. The highest BCUT2D eigenvalue weighted by atomic mass is 32.1. The lowest BCUT2D eigenvalue weighted by Crippen LogP contribution is -2.08. The second kappa shape index (κ2) is 13.9. The van der Waals surface area contributed by atoms with Crippen LogP contribution in [0.2, 0.25) is 0 Å². The van der Waals surface area contributed by atoms with Crippen molar-refractivity contribution in [2.75, 3.05) is 0 Å². The lowest BCUT2D eigenvalue weighted by molar-refractivity contribution is 1.14. The second-order valence-corrected chi connectivity index (χ2v) is 19.8. The first-order chi connectivity index (χ1) is 33.7. The number of benzene rings is 11. The van der Waals surface area contributed by atoms with Gasteiger partial charge in [0.2, 0.25) is 5.69 Å². The predicted molar refractivity (Wildman–Crippen MR) is 289 cm³/mol. The summed E-state index contributed by atoms with van der Waals surface area (Å²) < 4.78 is 9.58. The fraction of sp³-hybridized carbons (Fsp3) is 0. The molecule has 0 amide bonds. The van der Waals surface area contributed by atoms with Gasteiger partial charge in [-0.3, -0.25) is 0 Å². The first kappa shape index (κ1) is 37.4. The van der Waals surface area contributed by atoms with Crippen LogP contribution in [0.4, 0.5) is 5.69 Å².